The number of methoxy groups -OCH3 is 3. The first kappa shape index (κ1) is 105. The van der Waals surface area contributed by atoms with Crippen LogP contribution in [0.15, 0.2) is 96.5 Å². The highest BCUT2D eigenvalue weighted by Gasteiger charge is 2.75. The second-order valence-electron chi connectivity index (χ2n) is 54.2. The standard InChI is InChI=1S/C40H64N2O4.C40H58N2O3.C40H66N2O3/c1-27(45-9)40-17-15-35(2,3)26-30(40)29-11-12-32-37(6)25-28(34(44)41-19-10-20-42-21-23-46-24-22-42)33(43)36(4,5)31(37)13-14-39(32,8)38(29,7)16-18-40;1-26(45-9)40-19-17-35(2,3)24-30(40)29-12-13-32-37(6)23-28(34(44)42-22-15-27-11-10-21-41-25-27)33(43)36(4,5)31(37)14-16-39(32,8)38(29,7)18-20-40;1-12-42(13-2)24-14-23-41-34(44)28-25-37(8)31(36(6,7)33(28)43)17-18-39(10)32(37)16-15-29-30-26-35(4,5)19-21-40(30,27(3)45-11)22-20-38(29,39)9/h11,28,30-32H,1,10,12-26H2,2-9H3,(H,41,44);10-12,21,25,28,30-32H,1,13-20,22-24H2,2-9H3,(H,42,44);15,28,30-32H,3,12-14,16-26H2,1-2,4-11H3,(H,41,44)/t3*28?,30?,31?,32?,37-,38+,39+,40+/m000/s1. The molecule has 12 saturated carbocycles. The van der Waals surface area contributed by atoms with Crippen LogP contribution < -0.4 is 16.0 Å². The summed E-state index contributed by atoms with van der Waals surface area (Å²) in [5.41, 5.74) is 5.88. The zero-order valence-electron chi connectivity index (χ0n) is 90.5. The molecule has 16 nitrogen and oxygen atoms in total. The number of allylic oxidation sites excluding steroid dienone is 9. The number of Topliss-reactive ketones (excluding diaryl/α,β-unsaturated/α-hetero) is 3. The van der Waals surface area contributed by atoms with Gasteiger partial charge in [0.2, 0.25) is 17.7 Å². The molecule has 1 aliphatic heterocycles. The predicted molar refractivity (Wildman–Crippen MR) is 548 cm³/mol. The van der Waals surface area contributed by atoms with Gasteiger partial charge in [0.1, 0.15) is 0 Å². The molecular weight excluding hydrogens is 1690 g/mol. The molecule has 13 fully saturated rings. The number of nitrogens with one attached hydrogen (secondary N) is 3. The minimum Gasteiger partial charge on any atom is -0.501 e. The van der Waals surface area contributed by atoms with Crippen LogP contribution in [0.3, 0.4) is 0 Å². The number of nitrogens with zero attached hydrogens (tertiary/aromatic N) is 3. The molecule has 12 unspecified atom stereocenters. The molecule has 0 radical (unpaired) electrons. The number of ether oxygens (including phenoxy) is 4. The summed E-state index contributed by atoms with van der Waals surface area (Å²) in [7, 11) is 5.45. The monoisotopic (exact) mass is 1870 g/mol. The van der Waals surface area contributed by atoms with Gasteiger partial charge in [-0.05, 0) is 349 Å². The Kier molecular flexibility index (Phi) is 28.6. The van der Waals surface area contributed by atoms with Crippen molar-refractivity contribution in [1.29, 1.82) is 0 Å². The lowest BCUT2D eigenvalue weighted by molar-refractivity contribution is -0.193. The molecule has 15 aliphatic carbocycles. The lowest BCUT2D eigenvalue weighted by Crippen LogP contribution is -2.66. The highest BCUT2D eigenvalue weighted by molar-refractivity contribution is 6.06. The third-order valence-corrected chi connectivity index (χ3v) is 45.8. The van der Waals surface area contributed by atoms with Crippen LogP contribution >= 0.6 is 0 Å². The van der Waals surface area contributed by atoms with Crippen molar-refractivity contribution in [2.75, 3.05) is 93.4 Å². The summed E-state index contributed by atoms with van der Waals surface area (Å²) >= 11 is 0. The highest BCUT2D eigenvalue weighted by Crippen LogP contribution is 2.82. The fraction of sp³-hybridized carbons (Fsp3) is 0.808. The highest BCUT2D eigenvalue weighted by atomic mass is 16.5. The first-order valence-electron chi connectivity index (χ1n) is 54.8. The van der Waals surface area contributed by atoms with Crippen molar-refractivity contribution >= 4 is 35.1 Å². The Balaban J connectivity index is 0.000000155. The van der Waals surface area contributed by atoms with E-state index in [0.29, 0.717) is 109 Å². The van der Waals surface area contributed by atoms with Crippen LogP contribution in [0.5, 0.6) is 0 Å². The van der Waals surface area contributed by atoms with Crippen molar-refractivity contribution in [3.63, 3.8) is 0 Å². The van der Waals surface area contributed by atoms with Gasteiger partial charge in [0, 0.05) is 77.6 Å². The van der Waals surface area contributed by atoms with Gasteiger partial charge in [-0.25, -0.2) is 0 Å². The molecule has 0 spiro atoms. The smallest absolute Gasteiger partial charge is 0.230 e. The Morgan fingerprint density at radius 3 is 1.07 bits per heavy atom. The average molecular weight is 1870 g/mol. The number of hydrogen-bond donors (Lipinski definition) is 3. The van der Waals surface area contributed by atoms with Crippen LogP contribution in [0.2, 0.25) is 0 Å². The van der Waals surface area contributed by atoms with E-state index in [2.05, 4.69) is 228 Å². The van der Waals surface area contributed by atoms with Crippen LogP contribution in [0, 0.1) is 168 Å². The van der Waals surface area contributed by atoms with Gasteiger partial charge in [-0.15, -0.1) is 0 Å². The number of aromatic nitrogens is 1. The van der Waals surface area contributed by atoms with E-state index in [-0.39, 0.29) is 106 Å². The molecule has 136 heavy (non-hydrogen) atoms. The molecule has 0 aromatic carbocycles. The zero-order chi connectivity index (χ0) is 99.2. The van der Waals surface area contributed by atoms with E-state index in [1.807, 2.05) is 39.7 Å². The van der Waals surface area contributed by atoms with Crippen LogP contribution in [-0.2, 0) is 54.1 Å². The topological polar surface area (TPSA) is 195 Å². The summed E-state index contributed by atoms with van der Waals surface area (Å²) in [6.07, 6.45) is 43.4. The van der Waals surface area contributed by atoms with Crippen molar-refractivity contribution in [2.45, 2.75) is 352 Å². The van der Waals surface area contributed by atoms with Gasteiger partial charge >= 0.3 is 0 Å². The largest absolute Gasteiger partial charge is 0.501 e. The number of carbonyl (C=O) groups is 6. The van der Waals surface area contributed by atoms with E-state index in [1.165, 1.54) is 38.5 Å². The van der Waals surface area contributed by atoms with Crippen LogP contribution in [-0.4, -0.2) is 143 Å². The van der Waals surface area contributed by atoms with Crippen molar-refractivity contribution < 1.29 is 47.7 Å². The minimum absolute atomic E-state index is 0.0260. The summed E-state index contributed by atoms with van der Waals surface area (Å²) in [5, 5.41) is 9.58. The maximum absolute atomic E-state index is 14.1. The number of carbonyl (C=O) groups excluding carboxylic acids is 6. The van der Waals surface area contributed by atoms with Crippen LogP contribution in [0.4, 0.5) is 0 Å². The molecule has 16 aliphatic rings. The maximum Gasteiger partial charge on any atom is 0.230 e. The molecule has 3 amide bonds. The Hall–Kier alpha value is -5.71. The third-order valence-electron chi connectivity index (χ3n) is 45.8. The molecule has 24 atom stereocenters. The SMILES string of the molecule is C=C(OC)[C@]12CCC(C)(C)CC1C1=CCC3[C@@]4(C)CC(C(=O)NCCCN(CC)CC)C(=O)C(C)(C)C4CC[C@@]3(C)[C@]1(C)CC2.C=C(OC)[C@]12CCC(C)(C)CC1C1=CCC3[C@@]4(C)CC(C(=O)NCCCN5CCOCC5)C(=O)C(C)(C)C4CC[C@@]3(C)[C@]1(C)CC2.C=C(OC)[C@]12CCC(C)(C)CC1C1=CCC3[C@@]4(C)CC(C(=O)NCCc5cccnc5)C(=O)C(C)(C)C4CC[C@@]3(C)[C@]1(C)CC2. The summed E-state index contributed by atoms with van der Waals surface area (Å²) in [6, 6.07) is 3.95. The lowest BCUT2D eigenvalue weighted by Gasteiger charge is -2.71. The van der Waals surface area contributed by atoms with Crippen molar-refractivity contribution in [2.24, 2.45) is 168 Å². The second kappa shape index (κ2) is 37.2. The molecule has 16 heteroatoms. The molecule has 17 rings (SSSR count). The first-order chi connectivity index (χ1) is 63.6. The summed E-state index contributed by atoms with van der Waals surface area (Å²) in [6.45, 7) is 77.7. The van der Waals surface area contributed by atoms with Crippen LogP contribution in [0.25, 0.3) is 0 Å². The fourth-order valence-electron chi connectivity index (χ4n) is 37.1. The molecular formula is C120H188N6O10. The van der Waals surface area contributed by atoms with Gasteiger partial charge in [0.05, 0.1) is 69.6 Å². The van der Waals surface area contributed by atoms with Gasteiger partial charge in [-0.2, -0.15) is 0 Å². The maximum atomic E-state index is 14.1. The Labute approximate surface area is 824 Å². The van der Waals surface area contributed by atoms with Gasteiger partial charge in [-0.1, -0.05) is 220 Å². The van der Waals surface area contributed by atoms with E-state index < -0.39 is 34.0 Å². The minimum atomic E-state index is -0.598. The average Bonchev–Trinajstić information content (AvgIpc) is 0.679. The number of rotatable bonds is 22. The molecule has 1 aromatic rings. The molecule has 758 valence electrons. The Morgan fingerprint density at radius 2 is 0.757 bits per heavy atom. The molecule has 1 saturated heterocycles. The quantitative estimate of drug-likeness (QED) is 0.0430. The number of fused-ring (bicyclic) bond motifs is 21. The van der Waals surface area contributed by atoms with Crippen molar-refractivity contribution in [3.8, 4) is 0 Å². The molecule has 2 heterocycles. The van der Waals surface area contributed by atoms with Crippen molar-refractivity contribution in [1.82, 2.24) is 30.7 Å². The molecule has 3 N–H and O–H groups in total. The first-order valence-corrected chi connectivity index (χ1v) is 54.8. The van der Waals surface area contributed by atoms with E-state index >= 15 is 0 Å². The normalized spacial score (nSPS) is 42.1. The van der Waals surface area contributed by atoms with Gasteiger partial charge in [0.25, 0.3) is 0 Å². The zero-order valence-corrected chi connectivity index (χ0v) is 90.5. The summed E-state index contributed by atoms with van der Waals surface area (Å²) in [4.78, 5) is 92.7. The number of amides is 3. The Bertz CT molecular complexity index is 4810. The Morgan fingerprint density at radius 1 is 0.434 bits per heavy atom. The predicted octanol–water partition coefficient (Wildman–Crippen LogP) is 24.7. The fourth-order valence-corrected chi connectivity index (χ4v) is 37.1. The molecule has 0 bridgehead atoms. The third kappa shape index (κ3) is 16.7. The molecule has 1 aromatic heterocycles. The van der Waals surface area contributed by atoms with Gasteiger partial charge < -0.3 is 39.8 Å². The van der Waals surface area contributed by atoms with E-state index in [1.54, 1.807) is 22.9 Å². The summed E-state index contributed by atoms with van der Waals surface area (Å²) in [5.74, 6) is 5.08. The van der Waals surface area contributed by atoms with E-state index in [4.69, 9.17) is 18.9 Å². The number of pyridine rings is 1. The lowest BCUT2D eigenvalue weighted by atomic mass is 9.33. The van der Waals surface area contributed by atoms with Crippen LogP contribution in [0.1, 0.15) is 351 Å². The van der Waals surface area contributed by atoms with E-state index in [0.717, 1.165) is 204 Å². The van der Waals surface area contributed by atoms with E-state index in [9.17, 15) is 28.8 Å². The second-order valence-corrected chi connectivity index (χ2v) is 54.2. The number of hydrogen-bond acceptors (Lipinski definition) is 13. The summed E-state index contributed by atoms with van der Waals surface area (Å²) < 4.78 is 23.4. The number of morpholine rings is 1. The van der Waals surface area contributed by atoms with Crippen molar-refractivity contribution in [3.05, 3.63) is 102 Å². The van der Waals surface area contributed by atoms with Gasteiger partial charge in [0.15, 0.2) is 17.3 Å². The van der Waals surface area contributed by atoms with Gasteiger partial charge in [-0.3, -0.25) is 38.7 Å². The number of ketones is 3.